The molecule has 0 aromatic carbocycles. The van der Waals surface area contributed by atoms with Gasteiger partial charge >= 0.3 is 0 Å². The number of halogens is 1. The van der Waals surface area contributed by atoms with Crippen LogP contribution < -0.4 is 16.4 Å². The zero-order valence-electron chi connectivity index (χ0n) is 9.66. The fourth-order valence-corrected chi connectivity index (χ4v) is 1.75. The smallest absolute Gasteiger partial charge is 0.221 e. The standard InChI is InChI=1S/C10H20N4O.HI/c1-12-10(11)13-7-6-9(15)14-8-4-2-3-5-8;/h8H,2-7H2,1H3,(H,14,15)(H3,11,12,13);1H. The molecule has 94 valence electrons. The number of guanidine groups is 1. The molecule has 1 aliphatic rings. The highest BCUT2D eigenvalue weighted by molar-refractivity contribution is 14.0. The van der Waals surface area contributed by atoms with Gasteiger partial charge in [-0.05, 0) is 12.8 Å². The number of hydrogen-bond acceptors (Lipinski definition) is 2. The van der Waals surface area contributed by atoms with Gasteiger partial charge in [-0.2, -0.15) is 0 Å². The molecule has 6 heteroatoms. The van der Waals surface area contributed by atoms with Gasteiger partial charge in [0, 0.05) is 26.1 Å². The first-order valence-electron chi connectivity index (χ1n) is 5.48. The lowest BCUT2D eigenvalue weighted by molar-refractivity contribution is -0.121. The van der Waals surface area contributed by atoms with Gasteiger partial charge < -0.3 is 16.4 Å². The summed E-state index contributed by atoms with van der Waals surface area (Å²) in [5.74, 6) is 0.474. The van der Waals surface area contributed by atoms with Crippen molar-refractivity contribution in [2.24, 2.45) is 10.7 Å². The molecule has 16 heavy (non-hydrogen) atoms. The highest BCUT2D eigenvalue weighted by atomic mass is 127. The summed E-state index contributed by atoms with van der Waals surface area (Å²) in [7, 11) is 1.61. The molecule has 5 nitrogen and oxygen atoms in total. The van der Waals surface area contributed by atoms with E-state index in [-0.39, 0.29) is 29.9 Å². The maximum Gasteiger partial charge on any atom is 0.221 e. The van der Waals surface area contributed by atoms with Crippen LogP contribution in [0.15, 0.2) is 4.99 Å². The van der Waals surface area contributed by atoms with Crippen molar-refractivity contribution in [2.45, 2.75) is 38.1 Å². The topological polar surface area (TPSA) is 79.5 Å². The van der Waals surface area contributed by atoms with Crippen molar-refractivity contribution in [3.05, 3.63) is 0 Å². The Morgan fingerprint density at radius 2 is 2.06 bits per heavy atom. The first-order chi connectivity index (χ1) is 7.22. The van der Waals surface area contributed by atoms with Crippen LogP contribution in [0.3, 0.4) is 0 Å². The van der Waals surface area contributed by atoms with Crippen LogP contribution in [-0.2, 0) is 4.79 Å². The first-order valence-corrected chi connectivity index (χ1v) is 5.48. The predicted molar refractivity (Wildman–Crippen MR) is 76.0 cm³/mol. The summed E-state index contributed by atoms with van der Waals surface area (Å²) in [5, 5.41) is 5.87. The average molecular weight is 340 g/mol. The van der Waals surface area contributed by atoms with E-state index in [4.69, 9.17) is 5.73 Å². The second-order valence-electron chi connectivity index (χ2n) is 3.83. The van der Waals surface area contributed by atoms with Crippen LogP contribution in [-0.4, -0.2) is 31.5 Å². The molecule has 0 unspecified atom stereocenters. The van der Waals surface area contributed by atoms with E-state index in [0.29, 0.717) is 25.0 Å². The third-order valence-corrected chi connectivity index (χ3v) is 2.62. The van der Waals surface area contributed by atoms with E-state index in [9.17, 15) is 4.79 Å². The van der Waals surface area contributed by atoms with Gasteiger partial charge in [0.25, 0.3) is 0 Å². The Hall–Kier alpha value is -0.530. The summed E-state index contributed by atoms with van der Waals surface area (Å²) >= 11 is 0. The van der Waals surface area contributed by atoms with Crippen LogP contribution in [0.2, 0.25) is 0 Å². The van der Waals surface area contributed by atoms with Crippen LogP contribution in [0.25, 0.3) is 0 Å². The minimum atomic E-state index is 0. The molecule has 0 heterocycles. The van der Waals surface area contributed by atoms with Crippen molar-refractivity contribution < 1.29 is 4.79 Å². The van der Waals surface area contributed by atoms with Gasteiger partial charge in [-0.1, -0.05) is 12.8 Å². The molecule has 0 atom stereocenters. The number of nitrogens with zero attached hydrogens (tertiary/aromatic N) is 1. The molecular formula is C10H21IN4O. The van der Waals surface area contributed by atoms with E-state index in [0.717, 1.165) is 12.8 Å². The number of hydrogen-bond donors (Lipinski definition) is 3. The second-order valence-corrected chi connectivity index (χ2v) is 3.83. The third kappa shape index (κ3) is 6.14. The van der Waals surface area contributed by atoms with E-state index in [2.05, 4.69) is 15.6 Å². The molecule has 0 aliphatic heterocycles. The van der Waals surface area contributed by atoms with Crippen molar-refractivity contribution in [3.8, 4) is 0 Å². The number of rotatable bonds is 4. The fraction of sp³-hybridized carbons (Fsp3) is 0.800. The molecule has 0 saturated heterocycles. The number of nitrogens with two attached hydrogens (primary N) is 1. The van der Waals surface area contributed by atoms with Crippen LogP contribution in [0.5, 0.6) is 0 Å². The Morgan fingerprint density at radius 1 is 1.44 bits per heavy atom. The molecule has 0 radical (unpaired) electrons. The maximum absolute atomic E-state index is 11.4. The summed E-state index contributed by atoms with van der Waals surface area (Å²) in [4.78, 5) is 15.2. The summed E-state index contributed by atoms with van der Waals surface area (Å²) in [6.45, 7) is 0.543. The number of aliphatic imine (C=N–C) groups is 1. The average Bonchev–Trinajstić information content (AvgIpc) is 2.70. The molecule has 1 aliphatic carbocycles. The van der Waals surface area contributed by atoms with E-state index in [1.807, 2.05) is 0 Å². The molecular weight excluding hydrogens is 319 g/mol. The van der Waals surface area contributed by atoms with Crippen LogP contribution in [0.4, 0.5) is 0 Å². The van der Waals surface area contributed by atoms with Crippen LogP contribution in [0.1, 0.15) is 32.1 Å². The molecule has 1 fully saturated rings. The summed E-state index contributed by atoms with van der Waals surface area (Å²) in [6, 6.07) is 0.398. The SMILES string of the molecule is CN=C(N)NCCC(=O)NC1CCCC1.I. The van der Waals surface area contributed by atoms with E-state index < -0.39 is 0 Å². The summed E-state index contributed by atoms with van der Waals surface area (Å²) in [5.41, 5.74) is 5.43. The lowest BCUT2D eigenvalue weighted by Gasteiger charge is -2.11. The fourth-order valence-electron chi connectivity index (χ4n) is 1.75. The van der Waals surface area contributed by atoms with E-state index in [1.165, 1.54) is 12.8 Å². The molecule has 1 amide bonds. The normalized spacial score (nSPS) is 16.7. The zero-order valence-corrected chi connectivity index (χ0v) is 12.0. The lowest BCUT2D eigenvalue weighted by atomic mass is 10.2. The molecule has 1 saturated carbocycles. The Bertz CT molecular complexity index is 239. The third-order valence-electron chi connectivity index (χ3n) is 2.62. The Kier molecular flexibility index (Phi) is 8.32. The van der Waals surface area contributed by atoms with Gasteiger partial charge in [-0.25, -0.2) is 0 Å². The van der Waals surface area contributed by atoms with Gasteiger partial charge in [-0.15, -0.1) is 24.0 Å². The number of nitrogens with one attached hydrogen (secondary N) is 2. The molecule has 1 rings (SSSR count). The van der Waals surface area contributed by atoms with Crippen molar-refractivity contribution in [3.63, 3.8) is 0 Å². The number of amides is 1. The van der Waals surface area contributed by atoms with Crippen molar-refractivity contribution in [1.29, 1.82) is 0 Å². The molecule has 4 N–H and O–H groups in total. The summed E-state index contributed by atoms with van der Waals surface area (Å²) < 4.78 is 0. The molecule has 0 spiro atoms. The van der Waals surface area contributed by atoms with E-state index in [1.54, 1.807) is 7.05 Å². The Morgan fingerprint density at radius 3 is 2.62 bits per heavy atom. The van der Waals surface area contributed by atoms with Gasteiger partial charge in [0.05, 0.1) is 0 Å². The van der Waals surface area contributed by atoms with Crippen molar-refractivity contribution >= 4 is 35.8 Å². The largest absolute Gasteiger partial charge is 0.370 e. The monoisotopic (exact) mass is 340 g/mol. The maximum atomic E-state index is 11.4. The van der Waals surface area contributed by atoms with E-state index >= 15 is 0 Å². The van der Waals surface area contributed by atoms with Crippen LogP contribution in [0, 0.1) is 0 Å². The van der Waals surface area contributed by atoms with Crippen molar-refractivity contribution in [2.75, 3.05) is 13.6 Å². The highest BCUT2D eigenvalue weighted by Gasteiger charge is 2.16. The number of carbonyl (C=O) groups is 1. The minimum absolute atomic E-state index is 0. The molecule has 0 bridgehead atoms. The second kappa shape index (κ2) is 8.60. The number of carbonyl (C=O) groups excluding carboxylic acids is 1. The highest BCUT2D eigenvalue weighted by Crippen LogP contribution is 2.17. The van der Waals surface area contributed by atoms with Crippen molar-refractivity contribution in [1.82, 2.24) is 10.6 Å². The lowest BCUT2D eigenvalue weighted by Crippen LogP contribution is -2.37. The molecule has 0 aromatic rings. The molecule has 0 aromatic heterocycles. The summed E-state index contributed by atoms with van der Waals surface area (Å²) in [6.07, 6.45) is 5.17. The van der Waals surface area contributed by atoms with Crippen LogP contribution >= 0.6 is 24.0 Å². The zero-order chi connectivity index (χ0) is 11.1. The van der Waals surface area contributed by atoms with Gasteiger partial charge in [-0.3, -0.25) is 9.79 Å². The van der Waals surface area contributed by atoms with Gasteiger partial charge in [0.1, 0.15) is 0 Å². The van der Waals surface area contributed by atoms with Gasteiger partial charge in [0.15, 0.2) is 5.96 Å². The Labute approximate surface area is 114 Å². The Balaban J connectivity index is 0.00000225. The quantitative estimate of drug-likeness (QED) is 0.398. The van der Waals surface area contributed by atoms with Gasteiger partial charge in [0.2, 0.25) is 5.91 Å². The predicted octanol–water partition coefficient (Wildman–Crippen LogP) is 0.587. The first kappa shape index (κ1) is 15.5. The minimum Gasteiger partial charge on any atom is -0.370 e.